The Bertz CT molecular complexity index is 952. The van der Waals surface area contributed by atoms with Crippen LogP contribution < -0.4 is 0 Å². The molecule has 0 aliphatic rings. The number of benzene rings is 2. The van der Waals surface area contributed by atoms with Crippen LogP contribution in [-0.4, -0.2) is 16.1 Å². The van der Waals surface area contributed by atoms with Gasteiger partial charge in [-0.15, -0.1) is 11.3 Å². The standard InChI is InChI=1S/C19H14N2OS/c22-13-15-6-8-16(9-7-15)18-19-17(10-11-23-19)21(20-18)12-14-4-2-1-3-5-14/h1-11,13H,12H2. The first-order valence-corrected chi connectivity index (χ1v) is 8.26. The van der Waals surface area contributed by atoms with Crippen molar-refractivity contribution in [2.75, 3.05) is 0 Å². The largest absolute Gasteiger partial charge is 0.298 e. The Morgan fingerprint density at radius 2 is 1.78 bits per heavy atom. The third-order valence-corrected chi connectivity index (χ3v) is 4.76. The van der Waals surface area contributed by atoms with Crippen molar-refractivity contribution >= 4 is 27.8 Å². The van der Waals surface area contributed by atoms with Crippen molar-refractivity contribution in [3.8, 4) is 11.3 Å². The van der Waals surface area contributed by atoms with Crippen LogP contribution in [0.4, 0.5) is 0 Å². The van der Waals surface area contributed by atoms with E-state index in [-0.39, 0.29) is 0 Å². The van der Waals surface area contributed by atoms with Crippen LogP contribution in [0.2, 0.25) is 0 Å². The summed E-state index contributed by atoms with van der Waals surface area (Å²) in [5, 5.41) is 6.90. The van der Waals surface area contributed by atoms with Gasteiger partial charge in [0.2, 0.25) is 0 Å². The van der Waals surface area contributed by atoms with E-state index in [1.54, 1.807) is 11.3 Å². The van der Waals surface area contributed by atoms with Crippen LogP contribution in [0.5, 0.6) is 0 Å². The number of nitrogens with zero attached hydrogens (tertiary/aromatic N) is 2. The predicted octanol–water partition coefficient (Wildman–Crippen LogP) is 4.63. The van der Waals surface area contributed by atoms with Crippen molar-refractivity contribution < 1.29 is 4.79 Å². The minimum absolute atomic E-state index is 0.680. The predicted molar refractivity (Wildman–Crippen MR) is 94.0 cm³/mol. The molecule has 112 valence electrons. The van der Waals surface area contributed by atoms with Gasteiger partial charge in [-0.3, -0.25) is 9.48 Å². The number of hydrogen-bond acceptors (Lipinski definition) is 3. The van der Waals surface area contributed by atoms with E-state index in [1.165, 1.54) is 10.3 Å². The number of carbonyl (C=O) groups is 1. The second-order valence-corrected chi connectivity index (χ2v) is 6.28. The fourth-order valence-electron chi connectivity index (χ4n) is 2.69. The first-order chi connectivity index (χ1) is 11.3. The van der Waals surface area contributed by atoms with Crippen LogP contribution in [0.25, 0.3) is 21.5 Å². The molecule has 2 aromatic carbocycles. The molecule has 2 heterocycles. The first-order valence-electron chi connectivity index (χ1n) is 7.39. The summed E-state index contributed by atoms with van der Waals surface area (Å²) in [5.74, 6) is 0. The van der Waals surface area contributed by atoms with Gasteiger partial charge in [0.25, 0.3) is 0 Å². The Balaban J connectivity index is 1.78. The maximum Gasteiger partial charge on any atom is 0.150 e. The van der Waals surface area contributed by atoms with E-state index < -0.39 is 0 Å². The quantitative estimate of drug-likeness (QED) is 0.514. The smallest absolute Gasteiger partial charge is 0.150 e. The molecule has 0 amide bonds. The number of carbonyl (C=O) groups excluding carboxylic acids is 1. The zero-order valence-corrected chi connectivity index (χ0v) is 13.2. The lowest BCUT2D eigenvalue weighted by molar-refractivity contribution is 0.112. The van der Waals surface area contributed by atoms with Crippen LogP contribution in [0.15, 0.2) is 66.0 Å². The van der Waals surface area contributed by atoms with Crippen LogP contribution in [-0.2, 0) is 6.54 Å². The third kappa shape index (κ3) is 2.58. The highest BCUT2D eigenvalue weighted by molar-refractivity contribution is 7.17. The van der Waals surface area contributed by atoms with E-state index in [9.17, 15) is 4.79 Å². The molecule has 0 N–H and O–H groups in total. The molecule has 0 saturated heterocycles. The fraction of sp³-hybridized carbons (Fsp3) is 0.0526. The molecule has 0 bridgehead atoms. The highest BCUT2D eigenvalue weighted by atomic mass is 32.1. The van der Waals surface area contributed by atoms with Gasteiger partial charge < -0.3 is 0 Å². The molecule has 0 saturated carbocycles. The summed E-state index contributed by atoms with van der Waals surface area (Å²) in [6, 6.07) is 20.0. The van der Waals surface area contributed by atoms with E-state index in [0.29, 0.717) is 5.56 Å². The summed E-state index contributed by atoms with van der Waals surface area (Å²) >= 11 is 1.70. The zero-order valence-electron chi connectivity index (χ0n) is 12.3. The normalized spacial score (nSPS) is 11.0. The second kappa shape index (κ2) is 5.82. The van der Waals surface area contributed by atoms with Gasteiger partial charge in [0.1, 0.15) is 12.0 Å². The third-order valence-electron chi connectivity index (χ3n) is 3.85. The Morgan fingerprint density at radius 3 is 2.52 bits per heavy atom. The van der Waals surface area contributed by atoms with Gasteiger partial charge in [0.15, 0.2) is 0 Å². The number of aldehydes is 1. The molecular weight excluding hydrogens is 304 g/mol. The van der Waals surface area contributed by atoms with Gasteiger partial charge in [0.05, 0.1) is 16.8 Å². The summed E-state index contributed by atoms with van der Waals surface area (Å²) < 4.78 is 3.23. The zero-order chi connectivity index (χ0) is 15.6. The molecule has 0 atom stereocenters. The fourth-order valence-corrected chi connectivity index (χ4v) is 3.59. The number of aromatic nitrogens is 2. The Morgan fingerprint density at radius 1 is 1.00 bits per heavy atom. The molecule has 4 rings (SSSR count). The summed E-state index contributed by atoms with van der Waals surface area (Å²) in [6.07, 6.45) is 0.860. The summed E-state index contributed by atoms with van der Waals surface area (Å²) in [4.78, 5) is 10.8. The molecular formula is C19H14N2OS. The Hall–Kier alpha value is -2.72. The molecule has 4 aromatic rings. The SMILES string of the molecule is O=Cc1ccc(-c2nn(Cc3ccccc3)c3ccsc23)cc1. The van der Waals surface area contributed by atoms with Crippen molar-refractivity contribution in [3.63, 3.8) is 0 Å². The van der Waals surface area contributed by atoms with Crippen LogP contribution in [0, 0.1) is 0 Å². The van der Waals surface area contributed by atoms with Crippen molar-refractivity contribution in [1.29, 1.82) is 0 Å². The summed E-state index contributed by atoms with van der Waals surface area (Å²) in [6.45, 7) is 0.750. The van der Waals surface area contributed by atoms with Gasteiger partial charge in [-0.1, -0.05) is 54.6 Å². The van der Waals surface area contributed by atoms with Crippen LogP contribution in [0.1, 0.15) is 15.9 Å². The van der Waals surface area contributed by atoms with Gasteiger partial charge in [0, 0.05) is 11.1 Å². The van der Waals surface area contributed by atoms with Gasteiger partial charge in [-0.2, -0.15) is 5.10 Å². The monoisotopic (exact) mass is 318 g/mol. The average Bonchev–Trinajstić information content (AvgIpc) is 3.20. The molecule has 0 aliphatic heterocycles. The molecule has 4 heteroatoms. The first kappa shape index (κ1) is 13.9. The second-order valence-electron chi connectivity index (χ2n) is 5.37. The van der Waals surface area contributed by atoms with Crippen LogP contribution in [0.3, 0.4) is 0 Å². The molecule has 0 radical (unpaired) electrons. The minimum atomic E-state index is 0.680. The number of hydrogen-bond donors (Lipinski definition) is 0. The summed E-state index contributed by atoms with van der Waals surface area (Å²) in [7, 11) is 0. The average molecular weight is 318 g/mol. The highest BCUT2D eigenvalue weighted by Gasteiger charge is 2.13. The van der Waals surface area contributed by atoms with Gasteiger partial charge in [-0.25, -0.2) is 0 Å². The van der Waals surface area contributed by atoms with E-state index >= 15 is 0 Å². The molecule has 0 fully saturated rings. The number of rotatable bonds is 4. The molecule has 23 heavy (non-hydrogen) atoms. The molecule has 3 nitrogen and oxygen atoms in total. The summed E-state index contributed by atoms with van der Waals surface area (Å²) in [5.41, 5.74) is 5.07. The van der Waals surface area contributed by atoms with E-state index in [4.69, 9.17) is 5.10 Å². The van der Waals surface area contributed by atoms with E-state index in [2.05, 4.69) is 23.6 Å². The van der Waals surface area contributed by atoms with Crippen molar-refractivity contribution in [2.24, 2.45) is 0 Å². The topological polar surface area (TPSA) is 34.9 Å². The van der Waals surface area contributed by atoms with E-state index in [1.807, 2.05) is 47.1 Å². The minimum Gasteiger partial charge on any atom is -0.298 e. The lowest BCUT2D eigenvalue weighted by Crippen LogP contribution is -2.01. The molecule has 0 unspecified atom stereocenters. The lowest BCUT2D eigenvalue weighted by Gasteiger charge is -2.02. The maximum absolute atomic E-state index is 10.8. The number of thiophene rings is 1. The Labute approximate surface area is 137 Å². The van der Waals surface area contributed by atoms with E-state index in [0.717, 1.165) is 29.6 Å². The van der Waals surface area contributed by atoms with Crippen molar-refractivity contribution in [2.45, 2.75) is 6.54 Å². The van der Waals surface area contributed by atoms with Gasteiger partial charge >= 0.3 is 0 Å². The molecule has 0 aliphatic carbocycles. The van der Waals surface area contributed by atoms with Crippen LogP contribution >= 0.6 is 11.3 Å². The molecule has 2 aromatic heterocycles. The maximum atomic E-state index is 10.8. The highest BCUT2D eigenvalue weighted by Crippen LogP contribution is 2.32. The van der Waals surface area contributed by atoms with Crippen molar-refractivity contribution in [3.05, 3.63) is 77.2 Å². The molecule has 0 spiro atoms. The Kier molecular flexibility index (Phi) is 3.52. The number of fused-ring (bicyclic) bond motifs is 1. The van der Waals surface area contributed by atoms with Crippen molar-refractivity contribution in [1.82, 2.24) is 9.78 Å². The lowest BCUT2D eigenvalue weighted by atomic mass is 10.1. The van der Waals surface area contributed by atoms with Gasteiger partial charge in [-0.05, 0) is 17.0 Å².